The molecule has 1 fully saturated rings. The number of carbonyl (C=O) groups is 2. The van der Waals surface area contributed by atoms with Crippen molar-refractivity contribution in [1.29, 1.82) is 0 Å². The Morgan fingerprint density at radius 2 is 1.77 bits per heavy atom. The standard InChI is InChI=1S/C27H30F8N6O2/c1-3-41-20(27(33,34)35)13-19(40-41)24(43)39-22(15-6-9-25(28,29)10-7-15)23-37-17-5-4-16(12-18(17)38-23)14(2)36-21(42)8-11-26(30,31)32/h4-5,12-15,22H,3,6-11H2,1-2H3,(H,36,42)(H,37,38)(H,39,43)/t14-,22+/m1/s1. The topological polar surface area (TPSA) is 105 Å². The number of hydrogen-bond donors (Lipinski definition) is 3. The second-order valence-electron chi connectivity index (χ2n) is 10.7. The Kier molecular flexibility index (Phi) is 9.07. The quantitative estimate of drug-likeness (QED) is 0.234. The molecule has 4 rings (SSSR count). The van der Waals surface area contributed by atoms with Crippen LogP contribution in [0.1, 0.15) is 92.0 Å². The van der Waals surface area contributed by atoms with Crippen molar-refractivity contribution < 1.29 is 44.7 Å². The first kappa shape index (κ1) is 32.2. The largest absolute Gasteiger partial charge is 0.433 e. The van der Waals surface area contributed by atoms with Gasteiger partial charge in [-0.15, -0.1) is 0 Å². The Morgan fingerprint density at radius 3 is 2.35 bits per heavy atom. The van der Waals surface area contributed by atoms with Crippen LogP contribution in [0, 0.1) is 5.92 Å². The molecule has 3 aromatic rings. The van der Waals surface area contributed by atoms with E-state index in [2.05, 4.69) is 25.7 Å². The van der Waals surface area contributed by atoms with Gasteiger partial charge >= 0.3 is 12.4 Å². The van der Waals surface area contributed by atoms with Crippen molar-refractivity contribution >= 4 is 22.8 Å². The van der Waals surface area contributed by atoms with Gasteiger partial charge in [-0.05, 0) is 50.3 Å². The third kappa shape index (κ3) is 8.02. The average molecular weight is 623 g/mol. The van der Waals surface area contributed by atoms with Crippen molar-refractivity contribution in [2.75, 3.05) is 0 Å². The summed E-state index contributed by atoms with van der Waals surface area (Å²) >= 11 is 0. The van der Waals surface area contributed by atoms with Gasteiger partial charge in [-0.25, -0.2) is 13.8 Å². The Labute approximate surface area is 240 Å². The Hall–Kier alpha value is -3.72. The summed E-state index contributed by atoms with van der Waals surface area (Å²) in [6, 6.07) is 3.78. The van der Waals surface area contributed by atoms with Gasteiger partial charge in [0.05, 0.1) is 29.5 Å². The highest BCUT2D eigenvalue weighted by Crippen LogP contribution is 2.41. The third-order valence-corrected chi connectivity index (χ3v) is 7.45. The maximum Gasteiger partial charge on any atom is 0.433 e. The molecule has 0 aliphatic heterocycles. The lowest BCUT2D eigenvalue weighted by molar-refractivity contribution is -0.144. The van der Waals surface area contributed by atoms with Crippen LogP contribution in [0.15, 0.2) is 24.3 Å². The molecule has 2 atom stereocenters. The van der Waals surface area contributed by atoms with Crippen LogP contribution in [-0.4, -0.2) is 43.7 Å². The second kappa shape index (κ2) is 12.1. The molecule has 0 radical (unpaired) electrons. The number of benzene rings is 1. The molecule has 43 heavy (non-hydrogen) atoms. The number of imidazole rings is 1. The van der Waals surface area contributed by atoms with Crippen LogP contribution in [0.2, 0.25) is 0 Å². The van der Waals surface area contributed by atoms with Gasteiger partial charge in [0.1, 0.15) is 11.5 Å². The zero-order valence-electron chi connectivity index (χ0n) is 23.2. The summed E-state index contributed by atoms with van der Waals surface area (Å²) in [5.74, 6) is -4.94. The van der Waals surface area contributed by atoms with Crippen LogP contribution in [0.5, 0.6) is 0 Å². The zero-order chi connectivity index (χ0) is 31.7. The maximum atomic E-state index is 13.9. The minimum atomic E-state index is -4.75. The SMILES string of the molecule is CCn1nc(C(=O)N[C@H](c2nc3ccc([C@@H](C)NC(=O)CCC(F)(F)F)cc3[nH]2)C2CCC(F)(F)CC2)cc1C(F)(F)F. The number of rotatable bonds is 9. The van der Waals surface area contributed by atoms with Crippen LogP contribution in [-0.2, 0) is 17.5 Å². The highest BCUT2D eigenvalue weighted by molar-refractivity contribution is 5.92. The molecule has 2 aromatic heterocycles. The van der Waals surface area contributed by atoms with E-state index in [0.29, 0.717) is 27.3 Å². The Morgan fingerprint density at radius 1 is 1.09 bits per heavy atom. The van der Waals surface area contributed by atoms with Gasteiger partial charge in [0, 0.05) is 31.9 Å². The van der Waals surface area contributed by atoms with E-state index in [9.17, 15) is 44.7 Å². The van der Waals surface area contributed by atoms with Crippen LogP contribution in [0.3, 0.4) is 0 Å². The van der Waals surface area contributed by atoms with Crippen molar-refractivity contribution in [2.45, 2.75) is 89.3 Å². The smallest absolute Gasteiger partial charge is 0.350 e. The highest BCUT2D eigenvalue weighted by Gasteiger charge is 2.41. The minimum Gasteiger partial charge on any atom is -0.350 e. The molecular weight excluding hydrogens is 592 g/mol. The monoisotopic (exact) mass is 622 g/mol. The van der Waals surface area contributed by atoms with Gasteiger partial charge in [-0.1, -0.05) is 6.07 Å². The maximum absolute atomic E-state index is 13.9. The molecule has 3 N–H and O–H groups in total. The van der Waals surface area contributed by atoms with E-state index in [1.165, 1.54) is 6.92 Å². The molecule has 1 saturated carbocycles. The molecule has 1 aliphatic rings. The summed E-state index contributed by atoms with van der Waals surface area (Å²) in [5, 5.41) is 8.91. The highest BCUT2D eigenvalue weighted by atomic mass is 19.4. The molecule has 2 amide bonds. The number of halogens is 8. The molecule has 0 bridgehead atoms. The first-order valence-corrected chi connectivity index (χ1v) is 13.6. The number of nitrogens with zero attached hydrogens (tertiary/aromatic N) is 3. The fourth-order valence-electron chi connectivity index (χ4n) is 5.13. The molecular formula is C27H30F8N6O2. The van der Waals surface area contributed by atoms with Gasteiger partial charge in [0.15, 0.2) is 5.69 Å². The van der Waals surface area contributed by atoms with E-state index in [1.807, 2.05) is 0 Å². The minimum absolute atomic E-state index is 0.0123. The van der Waals surface area contributed by atoms with E-state index in [1.54, 1.807) is 25.1 Å². The number of amides is 2. The summed E-state index contributed by atoms with van der Waals surface area (Å²) < 4.78 is 106. The predicted octanol–water partition coefficient (Wildman–Crippen LogP) is 6.61. The number of aromatic amines is 1. The summed E-state index contributed by atoms with van der Waals surface area (Å²) in [5.41, 5.74) is -0.229. The van der Waals surface area contributed by atoms with Crippen molar-refractivity contribution in [3.8, 4) is 0 Å². The van der Waals surface area contributed by atoms with E-state index in [4.69, 9.17) is 0 Å². The number of aromatic nitrogens is 4. The van der Waals surface area contributed by atoms with E-state index in [-0.39, 0.29) is 25.2 Å². The second-order valence-corrected chi connectivity index (χ2v) is 10.7. The van der Waals surface area contributed by atoms with Crippen molar-refractivity contribution in [3.05, 3.63) is 47.0 Å². The van der Waals surface area contributed by atoms with Gasteiger partial charge in [0.25, 0.3) is 5.91 Å². The molecule has 8 nitrogen and oxygen atoms in total. The first-order chi connectivity index (χ1) is 20.0. The Balaban J connectivity index is 1.59. The first-order valence-electron chi connectivity index (χ1n) is 13.6. The molecule has 0 spiro atoms. The molecule has 1 aromatic carbocycles. The van der Waals surface area contributed by atoms with Crippen molar-refractivity contribution in [2.24, 2.45) is 5.92 Å². The van der Waals surface area contributed by atoms with Crippen LogP contribution in [0.4, 0.5) is 35.1 Å². The predicted molar refractivity (Wildman–Crippen MR) is 138 cm³/mol. The number of aryl methyl sites for hydroxylation is 1. The molecule has 0 saturated heterocycles. The van der Waals surface area contributed by atoms with E-state index >= 15 is 0 Å². The van der Waals surface area contributed by atoms with E-state index < -0.39 is 85.2 Å². The van der Waals surface area contributed by atoms with Gasteiger partial charge in [-0.2, -0.15) is 31.4 Å². The number of H-pyrrole nitrogens is 1. The average Bonchev–Trinajstić information content (AvgIpc) is 3.54. The zero-order valence-corrected chi connectivity index (χ0v) is 23.2. The molecule has 2 heterocycles. The van der Waals surface area contributed by atoms with Gasteiger partial charge < -0.3 is 15.6 Å². The number of hydrogen-bond acceptors (Lipinski definition) is 4. The molecule has 1 aliphatic carbocycles. The van der Waals surface area contributed by atoms with Gasteiger partial charge in [0.2, 0.25) is 11.8 Å². The van der Waals surface area contributed by atoms with Crippen LogP contribution >= 0.6 is 0 Å². The number of fused-ring (bicyclic) bond motifs is 1. The summed E-state index contributed by atoms with van der Waals surface area (Å²) in [7, 11) is 0. The molecule has 0 unspecified atom stereocenters. The normalized spacial score (nSPS) is 17.5. The van der Waals surface area contributed by atoms with Gasteiger partial charge in [-0.3, -0.25) is 14.3 Å². The van der Waals surface area contributed by atoms with Crippen LogP contribution < -0.4 is 10.6 Å². The van der Waals surface area contributed by atoms with Crippen molar-refractivity contribution in [3.63, 3.8) is 0 Å². The third-order valence-electron chi connectivity index (χ3n) is 7.45. The van der Waals surface area contributed by atoms with Crippen LogP contribution in [0.25, 0.3) is 11.0 Å². The molecule has 236 valence electrons. The lowest BCUT2D eigenvalue weighted by Gasteiger charge is -2.33. The fraction of sp³-hybridized carbons (Fsp3) is 0.556. The number of alkyl halides is 8. The summed E-state index contributed by atoms with van der Waals surface area (Å²) in [6.07, 6.45) is -12.1. The molecule has 16 heteroatoms. The lowest BCUT2D eigenvalue weighted by Crippen LogP contribution is -2.38. The summed E-state index contributed by atoms with van der Waals surface area (Å²) in [4.78, 5) is 32.6. The van der Waals surface area contributed by atoms with E-state index in [0.717, 1.165) is 0 Å². The fourth-order valence-corrected chi connectivity index (χ4v) is 5.13. The van der Waals surface area contributed by atoms with Crippen molar-refractivity contribution in [1.82, 2.24) is 30.4 Å². The Bertz CT molecular complexity index is 1450. The summed E-state index contributed by atoms with van der Waals surface area (Å²) in [6.45, 7) is 2.88. The number of nitrogens with one attached hydrogen (secondary N) is 3. The number of carbonyl (C=O) groups excluding carboxylic acids is 2. The lowest BCUT2D eigenvalue weighted by atomic mass is 9.81.